The summed E-state index contributed by atoms with van der Waals surface area (Å²) in [6.07, 6.45) is 1.72. The first-order valence-electron chi connectivity index (χ1n) is 6.57. The number of aliphatic carboxylic acids is 1. The third-order valence-electron chi connectivity index (χ3n) is 3.34. The van der Waals surface area contributed by atoms with E-state index in [2.05, 4.69) is 5.32 Å². The molecule has 1 aromatic rings. The summed E-state index contributed by atoms with van der Waals surface area (Å²) in [5.74, 6) is -1.35. The van der Waals surface area contributed by atoms with Crippen LogP contribution < -0.4 is 10.2 Å². The molecular formula is C14H17ClN2O3. The fourth-order valence-electron chi connectivity index (χ4n) is 2.34. The number of benzene rings is 1. The Morgan fingerprint density at radius 3 is 2.60 bits per heavy atom. The largest absolute Gasteiger partial charge is 0.480 e. The van der Waals surface area contributed by atoms with Crippen molar-refractivity contribution in [3.8, 4) is 0 Å². The van der Waals surface area contributed by atoms with Crippen LogP contribution in [0.5, 0.6) is 0 Å². The minimum absolute atomic E-state index is 0.151. The highest BCUT2D eigenvalue weighted by Gasteiger charge is 2.28. The molecule has 1 aliphatic heterocycles. The maximum Gasteiger partial charge on any atom is 0.323 e. The zero-order valence-corrected chi connectivity index (χ0v) is 11.8. The second-order valence-corrected chi connectivity index (χ2v) is 5.27. The number of nitrogens with one attached hydrogen (secondary N) is 1. The molecule has 2 N–H and O–H groups in total. The molecule has 1 saturated heterocycles. The first-order chi connectivity index (χ1) is 9.58. The van der Waals surface area contributed by atoms with Crippen molar-refractivity contribution in [2.45, 2.75) is 12.8 Å². The standard InChI is InChI=1S/C14H17ClN2O3/c15-11-3-5-12(6-4-11)17(9-13(18)19)14(20)10-2-1-7-16-8-10/h3-6,10,16H,1-2,7-9H2,(H,18,19)/t10-/m1/s1. The van der Waals surface area contributed by atoms with Crippen LogP contribution in [-0.4, -0.2) is 36.6 Å². The van der Waals surface area contributed by atoms with Gasteiger partial charge in [-0.05, 0) is 43.7 Å². The van der Waals surface area contributed by atoms with Gasteiger partial charge < -0.3 is 15.3 Å². The van der Waals surface area contributed by atoms with Gasteiger partial charge >= 0.3 is 5.97 Å². The van der Waals surface area contributed by atoms with Crippen LogP contribution in [-0.2, 0) is 9.59 Å². The van der Waals surface area contributed by atoms with Crippen LogP contribution in [0, 0.1) is 5.92 Å². The van der Waals surface area contributed by atoms with Crippen molar-refractivity contribution in [2.75, 3.05) is 24.5 Å². The van der Waals surface area contributed by atoms with Crippen molar-refractivity contribution in [2.24, 2.45) is 5.92 Å². The second kappa shape index (κ2) is 6.72. The Bertz CT molecular complexity index is 484. The number of carbonyl (C=O) groups is 2. The van der Waals surface area contributed by atoms with E-state index < -0.39 is 5.97 Å². The first-order valence-corrected chi connectivity index (χ1v) is 6.95. The maximum atomic E-state index is 12.5. The molecule has 0 spiro atoms. The zero-order valence-electron chi connectivity index (χ0n) is 11.0. The van der Waals surface area contributed by atoms with Crippen molar-refractivity contribution >= 4 is 29.2 Å². The molecule has 1 amide bonds. The molecule has 0 unspecified atom stereocenters. The lowest BCUT2D eigenvalue weighted by atomic mass is 9.98. The number of carboxylic acids is 1. The Kier molecular flexibility index (Phi) is 4.98. The van der Waals surface area contributed by atoms with Gasteiger partial charge in [-0.2, -0.15) is 0 Å². The van der Waals surface area contributed by atoms with E-state index >= 15 is 0 Å². The lowest BCUT2D eigenvalue weighted by Crippen LogP contribution is -2.45. The van der Waals surface area contributed by atoms with E-state index in [0.717, 1.165) is 19.4 Å². The topological polar surface area (TPSA) is 69.6 Å². The Hall–Kier alpha value is -1.59. The van der Waals surface area contributed by atoms with Gasteiger partial charge in [0.1, 0.15) is 6.54 Å². The molecule has 1 atom stereocenters. The minimum Gasteiger partial charge on any atom is -0.480 e. The first kappa shape index (κ1) is 14.8. The molecule has 1 aliphatic rings. The molecule has 108 valence electrons. The van der Waals surface area contributed by atoms with Gasteiger partial charge in [0, 0.05) is 17.3 Å². The number of carboxylic acid groups (broad SMARTS) is 1. The van der Waals surface area contributed by atoms with Gasteiger partial charge in [-0.15, -0.1) is 0 Å². The van der Waals surface area contributed by atoms with Crippen molar-refractivity contribution in [1.29, 1.82) is 0 Å². The van der Waals surface area contributed by atoms with Crippen molar-refractivity contribution < 1.29 is 14.7 Å². The van der Waals surface area contributed by atoms with E-state index in [1.807, 2.05) is 0 Å². The molecule has 0 aromatic heterocycles. The molecule has 2 rings (SSSR count). The van der Waals surface area contributed by atoms with Crippen LogP contribution in [0.3, 0.4) is 0 Å². The average Bonchev–Trinajstić information content (AvgIpc) is 2.46. The molecular weight excluding hydrogens is 280 g/mol. The predicted octanol–water partition coefficient (Wildman–Crippen LogP) is 1.76. The lowest BCUT2D eigenvalue weighted by molar-refractivity contribution is -0.137. The zero-order chi connectivity index (χ0) is 14.5. The van der Waals surface area contributed by atoms with Gasteiger partial charge in [0.25, 0.3) is 0 Å². The van der Waals surface area contributed by atoms with E-state index in [0.29, 0.717) is 17.3 Å². The Morgan fingerprint density at radius 2 is 2.05 bits per heavy atom. The Labute approximate surface area is 122 Å². The van der Waals surface area contributed by atoms with Gasteiger partial charge in [0.15, 0.2) is 0 Å². The number of rotatable bonds is 4. The number of carbonyl (C=O) groups excluding carboxylic acids is 1. The van der Waals surface area contributed by atoms with E-state index in [9.17, 15) is 9.59 Å². The van der Waals surface area contributed by atoms with Gasteiger partial charge in [0.05, 0.1) is 5.92 Å². The van der Waals surface area contributed by atoms with Crippen LogP contribution in [0.25, 0.3) is 0 Å². The highest BCUT2D eigenvalue weighted by atomic mass is 35.5. The fraction of sp³-hybridized carbons (Fsp3) is 0.429. The minimum atomic E-state index is -1.03. The van der Waals surface area contributed by atoms with Crippen molar-refractivity contribution in [3.63, 3.8) is 0 Å². The highest BCUT2D eigenvalue weighted by molar-refractivity contribution is 6.30. The normalized spacial score (nSPS) is 18.6. The second-order valence-electron chi connectivity index (χ2n) is 4.84. The molecule has 20 heavy (non-hydrogen) atoms. The number of halogens is 1. The van der Waals surface area contributed by atoms with Gasteiger partial charge in [0.2, 0.25) is 5.91 Å². The van der Waals surface area contributed by atoms with Crippen LogP contribution in [0.4, 0.5) is 5.69 Å². The van der Waals surface area contributed by atoms with Crippen molar-refractivity contribution in [3.05, 3.63) is 29.3 Å². The highest BCUT2D eigenvalue weighted by Crippen LogP contribution is 2.22. The van der Waals surface area contributed by atoms with Crippen LogP contribution in [0.1, 0.15) is 12.8 Å². The molecule has 1 fully saturated rings. The molecule has 0 bridgehead atoms. The maximum absolute atomic E-state index is 12.5. The quantitative estimate of drug-likeness (QED) is 0.888. The summed E-state index contributed by atoms with van der Waals surface area (Å²) in [7, 11) is 0. The summed E-state index contributed by atoms with van der Waals surface area (Å²) in [6.45, 7) is 1.17. The lowest BCUT2D eigenvalue weighted by Gasteiger charge is -2.28. The molecule has 1 heterocycles. The fourth-order valence-corrected chi connectivity index (χ4v) is 2.46. The summed E-state index contributed by atoms with van der Waals surface area (Å²) in [6, 6.07) is 6.63. The van der Waals surface area contributed by atoms with Gasteiger partial charge in [-0.1, -0.05) is 11.6 Å². The summed E-state index contributed by atoms with van der Waals surface area (Å²) in [5, 5.41) is 12.7. The smallest absolute Gasteiger partial charge is 0.323 e. The van der Waals surface area contributed by atoms with E-state index in [1.165, 1.54) is 4.90 Å². The molecule has 5 nitrogen and oxygen atoms in total. The van der Waals surface area contributed by atoms with Crippen LogP contribution >= 0.6 is 11.6 Å². The van der Waals surface area contributed by atoms with E-state index in [-0.39, 0.29) is 18.4 Å². The third kappa shape index (κ3) is 3.71. The summed E-state index contributed by atoms with van der Waals surface area (Å²) < 4.78 is 0. The summed E-state index contributed by atoms with van der Waals surface area (Å²) in [5.41, 5.74) is 0.562. The molecule has 0 aliphatic carbocycles. The Balaban J connectivity index is 2.19. The van der Waals surface area contributed by atoms with Crippen molar-refractivity contribution in [1.82, 2.24) is 5.32 Å². The monoisotopic (exact) mass is 296 g/mol. The summed E-state index contributed by atoms with van der Waals surface area (Å²) in [4.78, 5) is 24.8. The van der Waals surface area contributed by atoms with Crippen LogP contribution in [0.2, 0.25) is 5.02 Å². The number of hydrogen-bond donors (Lipinski definition) is 2. The number of nitrogens with zero attached hydrogens (tertiary/aromatic N) is 1. The third-order valence-corrected chi connectivity index (χ3v) is 3.60. The predicted molar refractivity (Wildman–Crippen MR) is 77.0 cm³/mol. The molecule has 0 radical (unpaired) electrons. The van der Waals surface area contributed by atoms with E-state index in [1.54, 1.807) is 24.3 Å². The van der Waals surface area contributed by atoms with Gasteiger partial charge in [-0.25, -0.2) is 0 Å². The number of anilines is 1. The van der Waals surface area contributed by atoms with E-state index in [4.69, 9.17) is 16.7 Å². The number of amides is 1. The van der Waals surface area contributed by atoms with Crippen LogP contribution in [0.15, 0.2) is 24.3 Å². The molecule has 1 aromatic carbocycles. The molecule has 6 heteroatoms. The number of piperidine rings is 1. The summed E-state index contributed by atoms with van der Waals surface area (Å²) >= 11 is 5.82. The SMILES string of the molecule is O=C(O)CN(C(=O)[C@@H]1CCCNC1)c1ccc(Cl)cc1. The number of hydrogen-bond acceptors (Lipinski definition) is 3. The molecule has 0 saturated carbocycles. The van der Waals surface area contributed by atoms with Gasteiger partial charge in [-0.3, -0.25) is 9.59 Å². The average molecular weight is 297 g/mol. The Morgan fingerprint density at radius 1 is 1.35 bits per heavy atom.